The molecule has 0 bridgehead atoms. The number of rotatable bonds is 7. The summed E-state index contributed by atoms with van der Waals surface area (Å²) in [5.41, 5.74) is 0.750. The van der Waals surface area contributed by atoms with Crippen LogP contribution in [-0.4, -0.2) is 34.7 Å². The van der Waals surface area contributed by atoms with E-state index in [4.69, 9.17) is 13.9 Å². The molecule has 2 heterocycles. The monoisotopic (exact) mass is 349 g/mol. The molecule has 1 unspecified atom stereocenters. The van der Waals surface area contributed by atoms with E-state index in [2.05, 4.69) is 22.4 Å². The standard InChI is InChI=1S/C16H19N3O4S/c1-3-4-10(2)17-14(20)8-24-16-19-18-15(23-16)11-5-6-12-13(7-11)22-9-21-12/h5-7,10H,3-4,8-9H2,1-2H3,(H,17,20). The molecule has 1 aliphatic heterocycles. The van der Waals surface area contributed by atoms with Crippen LogP contribution in [0.15, 0.2) is 27.8 Å². The van der Waals surface area contributed by atoms with Crippen LogP contribution in [0, 0.1) is 0 Å². The molecule has 1 atom stereocenters. The van der Waals surface area contributed by atoms with Crippen molar-refractivity contribution >= 4 is 17.7 Å². The largest absolute Gasteiger partial charge is 0.454 e. The van der Waals surface area contributed by atoms with E-state index < -0.39 is 0 Å². The first kappa shape index (κ1) is 16.6. The van der Waals surface area contributed by atoms with Crippen molar-refractivity contribution in [2.45, 2.75) is 38.0 Å². The second-order valence-electron chi connectivity index (χ2n) is 5.49. The molecule has 2 aromatic rings. The summed E-state index contributed by atoms with van der Waals surface area (Å²) >= 11 is 1.22. The van der Waals surface area contributed by atoms with Crippen molar-refractivity contribution in [1.82, 2.24) is 15.5 Å². The van der Waals surface area contributed by atoms with Crippen molar-refractivity contribution in [3.63, 3.8) is 0 Å². The van der Waals surface area contributed by atoms with Crippen LogP contribution >= 0.6 is 11.8 Å². The topological polar surface area (TPSA) is 86.5 Å². The van der Waals surface area contributed by atoms with Crippen molar-refractivity contribution in [2.24, 2.45) is 0 Å². The fourth-order valence-electron chi connectivity index (χ4n) is 2.36. The lowest BCUT2D eigenvalue weighted by Gasteiger charge is -2.11. The van der Waals surface area contributed by atoms with E-state index >= 15 is 0 Å². The SMILES string of the molecule is CCCC(C)NC(=O)CSc1nnc(-c2ccc3c(c2)OCO3)o1. The summed E-state index contributed by atoms with van der Waals surface area (Å²) in [6.45, 7) is 4.30. The van der Waals surface area contributed by atoms with E-state index in [1.165, 1.54) is 11.8 Å². The smallest absolute Gasteiger partial charge is 0.277 e. The highest BCUT2D eigenvalue weighted by molar-refractivity contribution is 7.99. The van der Waals surface area contributed by atoms with Gasteiger partial charge in [0.1, 0.15) is 0 Å². The lowest BCUT2D eigenvalue weighted by Crippen LogP contribution is -2.33. The van der Waals surface area contributed by atoms with Gasteiger partial charge in [-0.25, -0.2) is 0 Å². The molecular weight excluding hydrogens is 330 g/mol. The Kier molecular flexibility index (Phi) is 5.24. The fourth-order valence-corrected chi connectivity index (χ4v) is 2.94. The van der Waals surface area contributed by atoms with Crippen LogP contribution in [-0.2, 0) is 4.79 Å². The highest BCUT2D eigenvalue weighted by Gasteiger charge is 2.17. The third kappa shape index (κ3) is 4.00. The summed E-state index contributed by atoms with van der Waals surface area (Å²) in [7, 11) is 0. The van der Waals surface area contributed by atoms with Crippen LogP contribution in [0.25, 0.3) is 11.5 Å². The maximum Gasteiger partial charge on any atom is 0.277 e. The summed E-state index contributed by atoms with van der Waals surface area (Å²) in [6.07, 6.45) is 2.00. The zero-order valence-electron chi connectivity index (χ0n) is 13.6. The number of fused-ring (bicyclic) bond motifs is 1. The van der Waals surface area contributed by atoms with Gasteiger partial charge >= 0.3 is 0 Å². The number of aromatic nitrogens is 2. The highest BCUT2D eigenvalue weighted by atomic mass is 32.2. The minimum Gasteiger partial charge on any atom is -0.454 e. The lowest BCUT2D eigenvalue weighted by molar-refractivity contribution is -0.119. The number of carbonyl (C=O) groups is 1. The maximum atomic E-state index is 11.9. The quantitative estimate of drug-likeness (QED) is 0.769. The fraction of sp³-hybridized carbons (Fsp3) is 0.438. The minimum absolute atomic E-state index is 0.0382. The van der Waals surface area contributed by atoms with Gasteiger partial charge in [0.2, 0.25) is 18.6 Å². The van der Waals surface area contributed by atoms with Gasteiger partial charge in [-0.15, -0.1) is 10.2 Å². The molecule has 1 aromatic heterocycles. The normalized spacial score (nSPS) is 13.8. The Labute approximate surface area is 144 Å². The van der Waals surface area contributed by atoms with Gasteiger partial charge in [0.15, 0.2) is 11.5 Å². The van der Waals surface area contributed by atoms with Crippen LogP contribution in [0.2, 0.25) is 0 Å². The molecule has 24 heavy (non-hydrogen) atoms. The zero-order chi connectivity index (χ0) is 16.9. The van der Waals surface area contributed by atoms with Gasteiger partial charge < -0.3 is 19.2 Å². The number of hydrogen-bond donors (Lipinski definition) is 1. The van der Waals surface area contributed by atoms with Crippen LogP contribution in [0.3, 0.4) is 0 Å². The van der Waals surface area contributed by atoms with Gasteiger partial charge in [0.25, 0.3) is 5.22 Å². The average Bonchev–Trinajstić information content (AvgIpc) is 3.21. The Bertz CT molecular complexity index is 719. The third-order valence-corrected chi connectivity index (χ3v) is 4.30. The van der Waals surface area contributed by atoms with Crippen LogP contribution in [0.4, 0.5) is 0 Å². The molecule has 1 amide bonds. The van der Waals surface area contributed by atoms with Gasteiger partial charge in [-0.1, -0.05) is 25.1 Å². The Balaban J connectivity index is 1.57. The molecule has 8 heteroatoms. The lowest BCUT2D eigenvalue weighted by atomic mass is 10.2. The number of amides is 1. The zero-order valence-corrected chi connectivity index (χ0v) is 14.4. The van der Waals surface area contributed by atoms with Crippen LogP contribution < -0.4 is 14.8 Å². The summed E-state index contributed by atoms with van der Waals surface area (Å²) in [6, 6.07) is 5.60. The summed E-state index contributed by atoms with van der Waals surface area (Å²) in [5, 5.41) is 11.3. The maximum absolute atomic E-state index is 11.9. The molecule has 0 aliphatic carbocycles. The number of ether oxygens (including phenoxy) is 2. The molecule has 1 N–H and O–H groups in total. The molecule has 1 aliphatic rings. The molecule has 0 saturated carbocycles. The number of benzene rings is 1. The van der Waals surface area contributed by atoms with Crippen molar-refractivity contribution in [1.29, 1.82) is 0 Å². The van der Waals surface area contributed by atoms with E-state index in [1.54, 1.807) is 12.1 Å². The first-order valence-corrected chi connectivity index (χ1v) is 8.80. The number of carbonyl (C=O) groups excluding carboxylic acids is 1. The van der Waals surface area contributed by atoms with Crippen molar-refractivity contribution in [3.8, 4) is 23.0 Å². The number of nitrogens with one attached hydrogen (secondary N) is 1. The summed E-state index contributed by atoms with van der Waals surface area (Å²) in [5.74, 6) is 1.95. The van der Waals surface area contributed by atoms with Gasteiger partial charge in [0, 0.05) is 11.6 Å². The van der Waals surface area contributed by atoms with E-state index in [0.29, 0.717) is 22.6 Å². The predicted octanol–water partition coefficient (Wildman–Crippen LogP) is 2.86. The van der Waals surface area contributed by atoms with E-state index in [9.17, 15) is 4.79 Å². The Morgan fingerprint density at radius 1 is 1.33 bits per heavy atom. The van der Waals surface area contributed by atoms with Gasteiger partial charge in [-0.3, -0.25) is 4.79 Å². The van der Waals surface area contributed by atoms with Crippen molar-refractivity contribution in [3.05, 3.63) is 18.2 Å². The van der Waals surface area contributed by atoms with Gasteiger partial charge in [-0.2, -0.15) is 0 Å². The highest BCUT2D eigenvalue weighted by Crippen LogP contribution is 2.35. The molecule has 128 valence electrons. The number of hydrogen-bond acceptors (Lipinski definition) is 7. The molecule has 0 fully saturated rings. The Morgan fingerprint density at radius 2 is 2.17 bits per heavy atom. The Hall–Kier alpha value is -2.22. The minimum atomic E-state index is -0.0382. The molecule has 0 spiro atoms. The molecular formula is C16H19N3O4S. The van der Waals surface area contributed by atoms with E-state index in [1.807, 2.05) is 13.0 Å². The Morgan fingerprint density at radius 3 is 3.00 bits per heavy atom. The van der Waals surface area contributed by atoms with E-state index in [-0.39, 0.29) is 24.5 Å². The third-order valence-electron chi connectivity index (χ3n) is 3.48. The summed E-state index contributed by atoms with van der Waals surface area (Å²) < 4.78 is 16.2. The van der Waals surface area contributed by atoms with Crippen LogP contribution in [0.1, 0.15) is 26.7 Å². The number of thioether (sulfide) groups is 1. The second kappa shape index (κ2) is 7.57. The average molecular weight is 349 g/mol. The van der Waals surface area contributed by atoms with Crippen LogP contribution in [0.5, 0.6) is 11.5 Å². The van der Waals surface area contributed by atoms with Crippen molar-refractivity contribution < 1.29 is 18.7 Å². The molecule has 3 rings (SSSR count). The first-order valence-electron chi connectivity index (χ1n) is 7.81. The van der Waals surface area contributed by atoms with Crippen molar-refractivity contribution in [2.75, 3.05) is 12.5 Å². The molecule has 7 nitrogen and oxygen atoms in total. The predicted molar refractivity (Wildman–Crippen MR) is 89.1 cm³/mol. The second-order valence-corrected chi connectivity index (χ2v) is 6.41. The molecule has 0 radical (unpaired) electrons. The van der Waals surface area contributed by atoms with E-state index in [0.717, 1.165) is 18.4 Å². The molecule has 0 saturated heterocycles. The van der Waals surface area contributed by atoms with Gasteiger partial charge in [-0.05, 0) is 31.5 Å². The summed E-state index contributed by atoms with van der Waals surface area (Å²) in [4.78, 5) is 11.9. The number of nitrogens with zero attached hydrogens (tertiary/aromatic N) is 2. The first-order chi connectivity index (χ1) is 11.7. The molecule has 1 aromatic carbocycles. The van der Waals surface area contributed by atoms with Gasteiger partial charge in [0.05, 0.1) is 5.75 Å².